The number of aliphatic hydroxyl groups excluding tert-OH is 1. The lowest BCUT2D eigenvalue weighted by Crippen LogP contribution is -2.03. The van der Waals surface area contributed by atoms with E-state index in [0.29, 0.717) is 28.0 Å². The Labute approximate surface area is 127 Å². The van der Waals surface area contributed by atoms with E-state index in [9.17, 15) is 5.11 Å². The van der Waals surface area contributed by atoms with E-state index in [2.05, 4.69) is 10.3 Å². The van der Waals surface area contributed by atoms with Crippen LogP contribution in [0.5, 0.6) is 5.75 Å². The summed E-state index contributed by atoms with van der Waals surface area (Å²) in [6.07, 6.45) is 1.55. The molecule has 0 saturated heterocycles. The quantitative estimate of drug-likeness (QED) is 0.830. The fourth-order valence-electron chi connectivity index (χ4n) is 1.77. The van der Waals surface area contributed by atoms with Crippen LogP contribution in [-0.2, 0) is 13.2 Å². The molecule has 4 nitrogen and oxygen atoms in total. The number of rotatable bonds is 5. The lowest BCUT2D eigenvalue weighted by molar-refractivity contribution is 0.282. The van der Waals surface area contributed by atoms with Gasteiger partial charge in [0.2, 0.25) is 0 Å². The van der Waals surface area contributed by atoms with Gasteiger partial charge in [-0.25, -0.2) is 4.98 Å². The third-order valence-corrected chi connectivity index (χ3v) is 3.32. The Kier molecular flexibility index (Phi) is 5.06. The summed E-state index contributed by atoms with van der Waals surface area (Å²) in [6, 6.07) is 7.23. The number of aromatic nitrogens is 1. The first-order valence-corrected chi connectivity index (χ1v) is 6.71. The minimum absolute atomic E-state index is 0.101. The average molecular weight is 313 g/mol. The highest BCUT2D eigenvalue weighted by atomic mass is 35.5. The van der Waals surface area contributed by atoms with Gasteiger partial charge in [0.15, 0.2) is 0 Å². The number of methoxy groups -OCH3 is 1. The van der Waals surface area contributed by atoms with Gasteiger partial charge in [0.25, 0.3) is 0 Å². The fourth-order valence-corrected chi connectivity index (χ4v) is 2.20. The lowest BCUT2D eigenvalue weighted by atomic mass is 10.2. The van der Waals surface area contributed by atoms with Crippen molar-refractivity contribution in [3.05, 3.63) is 51.8 Å². The molecule has 2 N–H and O–H groups in total. The van der Waals surface area contributed by atoms with Crippen molar-refractivity contribution < 1.29 is 9.84 Å². The Morgan fingerprint density at radius 3 is 2.75 bits per heavy atom. The predicted octanol–water partition coefficient (Wildman–Crippen LogP) is 3.50. The minimum Gasteiger partial charge on any atom is -0.495 e. The number of hydrogen-bond donors (Lipinski definition) is 2. The second-order valence-corrected chi connectivity index (χ2v) is 4.94. The van der Waals surface area contributed by atoms with Gasteiger partial charge < -0.3 is 15.2 Å². The van der Waals surface area contributed by atoms with Crippen LogP contribution in [0.3, 0.4) is 0 Å². The number of ether oxygens (including phenoxy) is 1. The number of benzene rings is 1. The number of anilines is 1. The van der Waals surface area contributed by atoms with Gasteiger partial charge >= 0.3 is 0 Å². The molecule has 2 aromatic rings. The highest BCUT2D eigenvalue weighted by Crippen LogP contribution is 2.26. The molecule has 6 heteroatoms. The zero-order valence-corrected chi connectivity index (χ0v) is 12.4. The van der Waals surface area contributed by atoms with Gasteiger partial charge in [-0.15, -0.1) is 0 Å². The van der Waals surface area contributed by atoms with Crippen molar-refractivity contribution in [1.82, 2.24) is 4.98 Å². The molecule has 1 heterocycles. The summed E-state index contributed by atoms with van der Waals surface area (Å²) < 4.78 is 5.10. The van der Waals surface area contributed by atoms with Gasteiger partial charge in [-0.05, 0) is 23.8 Å². The molecule has 2 rings (SSSR count). The minimum atomic E-state index is -0.101. The topological polar surface area (TPSA) is 54.4 Å². The Balaban J connectivity index is 2.12. The number of nitrogens with one attached hydrogen (secondary N) is 1. The molecule has 0 bridgehead atoms. The molecule has 0 aliphatic carbocycles. The van der Waals surface area contributed by atoms with Crippen molar-refractivity contribution in [1.29, 1.82) is 0 Å². The van der Waals surface area contributed by atoms with Gasteiger partial charge in [0.05, 0.1) is 18.7 Å². The van der Waals surface area contributed by atoms with Crippen molar-refractivity contribution in [3.8, 4) is 5.75 Å². The smallest absolute Gasteiger partial charge is 0.137 e. The van der Waals surface area contributed by atoms with Crippen LogP contribution in [0.4, 0.5) is 5.69 Å². The van der Waals surface area contributed by atoms with Crippen molar-refractivity contribution in [2.24, 2.45) is 0 Å². The van der Waals surface area contributed by atoms with E-state index < -0.39 is 0 Å². The van der Waals surface area contributed by atoms with Crippen LogP contribution in [0.15, 0.2) is 30.5 Å². The molecule has 0 spiro atoms. The standard InChI is InChI=1S/C14H14Cl2N2O2/c1-20-13-3-2-9(4-11(13)15)6-17-12-5-14(16)18-7-10(12)8-19/h2-5,7,19H,6,8H2,1H3,(H,17,18). The molecule has 0 aliphatic heterocycles. The zero-order valence-electron chi connectivity index (χ0n) is 10.9. The molecule has 0 fully saturated rings. The first kappa shape index (κ1) is 14.9. The van der Waals surface area contributed by atoms with E-state index in [1.807, 2.05) is 18.2 Å². The van der Waals surface area contributed by atoms with Gasteiger partial charge in [-0.2, -0.15) is 0 Å². The second-order valence-electron chi connectivity index (χ2n) is 4.14. The SMILES string of the molecule is COc1ccc(CNc2cc(Cl)ncc2CO)cc1Cl. The van der Waals surface area contributed by atoms with Gasteiger partial charge in [0.1, 0.15) is 10.9 Å². The van der Waals surface area contributed by atoms with E-state index in [0.717, 1.165) is 11.3 Å². The van der Waals surface area contributed by atoms with E-state index in [1.165, 1.54) is 0 Å². The van der Waals surface area contributed by atoms with Crippen LogP contribution in [-0.4, -0.2) is 17.2 Å². The molecule has 1 aromatic carbocycles. The molecule has 0 saturated carbocycles. The summed E-state index contributed by atoms with van der Waals surface area (Å²) in [6.45, 7) is 0.451. The van der Waals surface area contributed by atoms with E-state index in [1.54, 1.807) is 19.4 Å². The third-order valence-electron chi connectivity index (χ3n) is 2.82. The molecule has 0 amide bonds. The second kappa shape index (κ2) is 6.79. The maximum Gasteiger partial charge on any atom is 0.137 e. The Morgan fingerprint density at radius 2 is 2.10 bits per heavy atom. The molecule has 106 valence electrons. The normalized spacial score (nSPS) is 10.4. The van der Waals surface area contributed by atoms with Gasteiger partial charge in [0, 0.05) is 24.0 Å². The summed E-state index contributed by atoms with van der Waals surface area (Å²) in [5.41, 5.74) is 2.43. The largest absolute Gasteiger partial charge is 0.495 e. The molecule has 0 aliphatic rings. The number of pyridine rings is 1. The summed E-state index contributed by atoms with van der Waals surface area (Å²) in [7, 11) is 1.58. The number of nitrogens with zero attached hydrogens (tertiary/aromatic N) is 1. The third kappa shape index (κ3) is 3.54. The van der Waals surface area contributed by atoms with Crippen LogP contribution in [0, 0.1) is 0 Å². The molecule has 0 radical (unpaired) electrons. The number of halogens is 2. The highest BCUT2D eigenvalue weighted by Gasteiger charge is 2.05. The van der Waals surface area contributed by atoms with Crippen LogP contribution in [0.2, 0.25) is 10.2 Å². The molecule has 1 aromatic heterocycles. The maximum atomic E-state index is 9.26. The first-order chi connectivity index (χ1) is 9.63. The highest BCUT2D eigenvalue weighted by molar-refractivity contribution is 6.32. The summed E-state index contributed by atoms with van der Waals surface area (Å²) in [5, 5.41) is 13.4. The van der Waals surface area contributed by atoms with Crippen molar-refractivity contribution in [2.45, 2.75) is 13.2 Å². The van der Waals surface area contributed by atoms with Gasteiger partial charge in [-0.1, -0.05) is 29.3 Å². The molecule has 20 heavy (non-hydrogen) atoms. The Morgan fingerprint density at radius 1 is 1.30 bits per heavy atom. The van der Waals surface area contributed by atoms with Crippen LogP contribution in [0.25, 0.3) is 0 Å². The monoisotopic (exact) mass is 312 g/mol. The van der Waals surface area contributed by atoms with Crippen molar-refractivity contribution in [2.75, 3.05) is 12.4 Å². The molecule has 0 atom stereocenters. The van der Waals surface area contributed by atoms with E-state index in [-0.39, 0.29) is 6.61 Å². The van der Waals surface area contributed by atoms with E-state index >= 15 is 0 Å². The van der Waals surface area contributed by atoms with Crippen molar-refractivity contribution >= 4 is 28.9 Å². The lowest BCUT2D eigenvalue weighted by Gasteiger charge is -2.11. The average Bonchev–Trinajstić information content (AvgIpc) is 2.45. The maximum absolute atomic E-state index is 9.26. The number of hydrogen-bond acceptors (Lipinski definition) is 4. The van der Waals surface area contributed by atoms with Crippen LogP contribution >= 0.6 is 23.2 Å². The Hall–Kier alpha value is -1.49. The van der Waals surface area contributed by atoms with Crippen LogP contribution < -0.4 is 10.1 Å². The predicted molar refractivity (Wildman–Crippen MR) is 80.5 cm³/mol. The summed E-state index contributed by atoms with van der Waals surface area (Å²) >= 11 is 11.9. The van der Waals surface area contributed by atoms with Crippen molar-refractivity contribution in [3.63, 3.8) is 0 Å². The molecule has 0 unspecified atom stereocenters. The van der Waals surface area contributed by atoms with Gasteiger partial charge in [-0.3, -0.25) is 0 Å². The molecular formula is C14H14Cl2N2O2. The summed E-state index contributed by atoms with van der Waals surface area (Å²) in [5.74, 6) is 0.637. The van der Waals surface area contributed by atoms with Crippen LogP contribution in [0.1, 0.15) is 11.1 Å². The van der Waals surface area contributed by atoms with E-state index in [4.69, 9.17) is 27.9 Å². The summed E-state index contributed by atoms with van der Waals surface area (Å²) in [4.78, 5) is 3.93. The zero-order chi connectivity index (χ0) is 14.5. The molecular weight excluding hydrogens is 299 g/mol. The fraction of sp³-hybridized carbons (Fsp3) is 0.214. The number of aliphatic hydroxyl groups is 1. The first-order valence-electron chi connectivity index (χ1n) is 5.95. The Bertz CT molecular complexity index is 606.